The SMILES string of the molecule is O=C(NCCN1CCSCC1)Nc1cncc(C(=O)O)c1. The van der Waals surface area contributed by atoms with Crippen LogP contribution in [0, 0.1) is 0 Å². The lowest BCUT2D eigenvalue weighted by Gasteiger charge is -2.25. The molecule has 0 spiro atoms. The number of aromatic carboxylic acids is 1. The third kappa shape index (κ3) is 5.24. The molecule has 1 fully saturated rings. The molecule has 2 amide bonds. The molecule has 21 heavy (non-hydrogen) atoms. The van der Waals surface area contributed by atoms with E-state index < -0.39 is 5.97 Å². The summed E-state index contributed by atoms with van der Waals surface area (Å²) in [5.74, 6) is 1.20. The average Bonchev–Trinajstić information content (AvgIpc) is 2.48. The summed E-state index contributed by atoms with van der Waals surface area (Å²) in [4.78, 5) is 28.6. The van der Waals surface area contributed by atoms with E-state index in [2.05, 4.69) is 20.5 Å². The van der Waals surface area contributed by atoms with Crippen LogP contribution in [0.25, 0.3) is 0 Å². The Morgan fingerprint density at radius 1 is 1.33 bits per heavy atom. The number of rotatable bonds is 5. The summed E-state index contributed by atoms with van der Waals surface area (Å²) < 4.78 is 0. The number of carboxylic acids is 1. The van der Waals surface area contributed by atoms with E-state index in [-0.39, 0.29) is 11.6 Å². The maximum atomic E-state index is 11.7. The van der Waals surface area contributed by atoms with Crippen LogP contribution >= 0.6 is 11.8 Å². The molecule has 0 radical (unpaired) electrons. The maximum Gasteiger partial charge on any atom is 0.337 e. The molecule has 1 aromatic rings. The van der Waals surface area contributed by atoms with Gasteiger partial charge in [0.1, 0.15) is 0 Å². The van der Waals surface area contributed by atoms with Crippen LogP contribution < -0.4 is 10.6 Å². The highest BCUT2D eigenvalue weighted by Crippen LogP contribution is 2.09. The zero-order valence-corrected chi connectivity index (χ0v) is 12.4. The van der Waals surface area contributed by atoms with Crippen molar-refractivity contribution in [1.29, 1.82) is 0 Å². The summed E-state index contributed by atoms with van der Waals surface area (Å²) in [6.07, 6.45) is 2.65. The minimum absolute atomic E-state index is 0.0404. The molecule has 3 N–H and O–H groups in total. The summed E-state index contributed by atoms with van der Waals surface area (Å²) in [7, 11) is 0. The normalized spacial score (nSPS) is 15.4. The zero-order chi connectivity index (χ0) is 15.1. The van der Waals surface area contributed by atoms with Crippen LogP contribution in [0.2, 0.25) is 0 Å². The first kappa shape index (κ1) is 15.6. The third-order valence-corrected chi connectivity index (χ3v) is 4.00. The van der Waals surface area contributed by atoms with Gasteiger partial charge in [0.25, 0.3) is 0 Å². The number of anilines is 1. The first-order chi connectivity index (χ1) is 10.1. The summed E-state index contributed by atoms with van der Waals surface area (Å²) in [5.41, 5.74) is 0.403. The van der Waals surface area contributed by atoms with E-state index in [0.29, 0.717) is 12.2 Å². The number of carbonyl (C=O) groups is 2. The number of nitrogens with zero attached hydrogens (tertiary/aromatic N) is 2. The Labute approximate surface area is 127 Å². The van der Waals surface area contributed by atoms with Crippen LogP contribution in [0.1, 0.15) is 10.4 Å². The minimum atomic E-state index is -1.07. The van der Waals surface area contributed by atoms with Crippen molar-refractivity contribution < 1.29 is 14.7 Å². The molecule has 1 saturated heterocycles. The van der Waals surface area contributed by atoms with E-state index in [1.807, 2.05) is 11.8 Å². The molecule has 0 bridgehead atoms. The van der Waals surface area contributed by atoms with E-state index in [0.717, 1.165) is 31.1 Å². The van der Waals surface area contributed by atoms with Crippen LogP contribution in [-0.4, -0.2) is 64.7 Å². The van der Waals surface area contributed by atoms with Gasteiger partial charge in [-0.25, -0.2) is 9.59 Å². The standard InChI is InChI=1S/C13H18N4O3S/c18-12(19)10-7-11(9-14-8-10)16-13(20)15-1-2-17-3-5-21-6-4-17/h7-9H,1-6H2,(H,18,19)(H2,15,16,20). The molecule has 2 rings (SSSR count). The Bertz CT molecular complexity index is 506. The van der Waals surface area contributed by atoms with Gasteiger partial charge in [-0.3, -0.25) is 9.88 Å². The lowest BCUT2D eigenvalue weighted by molar-refractivity contribution is 0.0696. The molecule has 7 nitrogen and oxygen atoms in total. The van der Waals surface area contributed by atoms with Crippen molar-refractivity contribution in [2.75, 3.05) is 43.0 Å². The molecule has 1 aliphatic rings. The Kier molecular flexibility index (Phi) is 5.82. The van der Waals surface area contributed by atoms with Crippen LogP contribution in [0.3, 0.4) is 0 Å². The number of carbonyl (C=O) groups excluding carboxylic acids is 1. The van der Waals surface area contributed by atoms with Gasteiger partial charge < -0.3 is 15.7 Å². The second kappa shape index (κ2) is 7.84. The fourth-order valence-corrected chi connectivity index (χ4v) is 2.93. The number of carboxylic acid groups (broad SMARTS) is 1. The largest absolute Gasteiger partial charge is 0.478 e. The summed E-state index contributed by atoms with van der Waals surface area (Å²) >= 11 is 1.95. The molecular formula is C13H18N4O3S. The number of urea groups is 1. The topological polar surface area (TPSA) is 94.6 Å². The molecule has 0 saturated carbocycles. The van der Waals surface area contributed by atoms with Gasteiger partial charge in [-0.2, -0.15) is 11.8 Å². The van der Waals surface area contributed by atoms with Gasteiger partial charge in [0.15, 0.2) is 0 Å². The van der Waals surface area contributed by atoms with Crippen LogP contribution in [-0.2, 0) is 0 Å². The van der Waals surface area contributed by atoms with Gasteiger partial charge in [-0.15, -0.1) is 0 Å². The van der Waals surface area contributed by atoms with Gasteiger partial charge in [-0.05, 0) is 6.07 Å². The predicted molar refractivity (Wildman–Crippen MR) is 82.0 cm³/mol. The van der Waals surface area contributed by atoms with Crippen molar-refractivity contribution in [3.63, 3.8) is 0 Å². The van der Waals surface area contributed by atoms with Crippen molar-refractivity contribution in [2.45, 2.75) is 0 Å². The van der Waals surface area contributed by atoms with E-state index in [1.54, 1.807) is 0 Å². The lowest BCUT2D eigenvalue weighted by Crippen LogP contribution is -2.40. The fourth-order valence-electron chi connectivity index (χ4n) is 1.95. The smallest absolute Gasteiger partial charge is 0.337 e. The second-order valence-electron chi connectivity index (χ2n) is 4.60. The molecule has 0 unspecified atom stereocenters. The van der Waals surface area contributed by atoms with Crippen molar-refractivity contribution in [2.24, 2.45) is 0 Å². The van der Waals surface area contributed by atoms with Crippen LogP contribution in [0.15, 0.2) is 18.5 Å². The fraction of sp³-hybridized carbons (Fsp3) is 0.462. The Morgan fingerprint density at radius 3 is 2.81 bits per heavy atom. The van der Waals surface area contributed by atoms with Crippen molar-refractivity contribution in [3.8, 4) is 0 Å². The van der Waals surface area contributed by atoms with Gasteiger partial charge >= 0.3 is 12.0 Å². The van der Waals surface area contributed by atoms with E-state index in [4.69, 9.17) is 5.11 Å². The van der Waals surface area contributed by atoms with Gasteiger partial charge in [-0.1, -0.05) is 0 Å². The van der Waals surface area contributed by atoms with Gasteiger partial charge in [0.2, 0.25) is 0 Å². The van der Waals surface area contributed by atoms with E-state index >= 15 is 0 Å². The number of pyridine rings is 1. The quantitative estimate of drug-likeness (QED) is 0.749. The molecular weight excluding hydrogens is 292 g/mol. The predicted octanol–water partition coefficient (Wildman–Crippen LogP) is 0.950. The molecule has 8 heteroatoms. The summed E-state index contributed by atoms with van der Waals surface area (Å²) in [6, 6.07) is 1.02. The minimum Gasteiger partial charge on any atom is -0.478 e. The van der Waals surface area contributed by atoms with Crippen LogP contribution in [0.5, 0.6) is 0 Å². The van der Waals surface area contributed by atoms with Gasteiger partial charge in [0.05, 0.1) is 17.4 Å². The summed E-state index contributed by atoms with van der Waals surface area (Å²) in [6.45, 7) is 3.49. The highest BCUT2D eigenvalue weighted by atomic mass is 32.2. The number of nitrogens with one attached hydrogen (secondary N) is 2. The molecule has 114 valence electrons. The zero-order valence-electron chi connectivity index (χ0n) is 11.5. The molecule has 0 aliphatic carbocycles. The Hall–Kier alpha value is -1.80. The average molecular weight is 310 g/mol. The van der Waals surface area contributed by atoms with Gasteiger partial charge in [0, 0.05) is 43.9 Å². The number of aromatic nitrogens is 1. The van der Waals surface area contributed by atoms with E-state index in [9.17, 15) is 9.59 Å². The first-order valence-corrected chi connectivity index (χ1v) is 7.84. The molecule has 0 atom stereocenters. The first-order valence-electron chi connectivity index (χ1n) is 6.68. The number of thioether (sulfide) groups is 1. The van der Waals surface area contributed by atoms with Crippen molar-refractivity contribution in [3.05, 3.63) is 24.0 Å². The third-order valence-electron chi connectivity index (χ3n) is 3.06. The highest BCUT2D eigenvalue weighted by Gasteiger charge is 2.10. The monoisotopic (exact) mass is 310 g/mol. The van der Waals surface area contributed by atoms with Crippen molar-refractivity contribution >= 4 is 29.4 Å². The Balaban J connectivity index is 1.73. The molecule has 0 aromatic carbocycles. The van der Waals surface area contributed by atoms with Crippen LogP contribution in [0.4, 0.5) is 10.5 Å². The van der Waals surface area contributed by atoms with E-state index in [1.165, 1.54) is 18.5 Å². The maximum absolute atomic E-state index is 11.7. The number of hydrogen-bond acceptors (Lipinski definition) is 5. The Morgan fingerprint density at radius 2 is 2.10 bits per heavy atom. The highest BCUT2D eigenvalue weighted by molar-refractivity contribution is 7.99. The second-order valence-corrected chi connectivity index (χ2v) is 5.83. The lowest BCUT2D eigenvalue weighted by atomic mass is 10.3. The molecule has 2 heterocycles. The number of amides is 2. The molecule has 1 aromatic heterocycles. The van der Waals surface area contributed by atoms with Crippen molar-refractivity contribution in [1.82, 2.24) is 15.2 Å². The summed E-state index contributed by atoms with van der Waals surface area (Å²) in [5, 5.41) is 14.2. The molecule has 1 aliphatic heterocycles. The number of hydrogen-bond donors (Lipinski definition) is 3.